The number of aromatic amines is 1. The summed E-state index contributed by atoms with van der Waals surface area (Å²) in [7, 11) is -7.63. The van der Waals surface area contributed by atoms with Gasteiger partial charge < -0.3 is 20.7 Å². The van der Waals surface area contributed by atoms with E-state index in [2.05, 4.69) is 30.4 Å². The van der Waals surface area contributed by atoms with Gasteiger partial charge in [0.15, 0.2) is 15.8 Å². The maximum Gasteiger partial charge on any atom is 0.323 e. The highest BCUT2D eigenvalue weighted by atomic mass is 32.2. The summed E-state index contributed by atoms with van der Waals surface area (Å²) in [6.07, 6.45) is 6.90. The van der Waals surface area contributed by atoms with Gasteiger partial charge >= 0.3 is 5.97 Å². The molecule has 0 saturated carbocycles. The van der Waals surface area contributed by atoms with E-state index in [4.69, 9.17) is 0 Å². The van der Waals surface area contributed by atoms with Crippen LogP contribution < -0.4 is 15.4 Å². The molecule has 2 heterocycles. The monoisotopic (exact) mass is 665 g/mol. The molecular weight excluding hydrogens is 635 g/mol. The summed E-state index contributed by atoms with van der Waals surface area (Å²) in [5, 5.41) is 20.5. The van der Waals surface area contributed by atoms with E-state index >= 15 is 0 Å². The Kier molecular flexibility index (Phi) is 9.50. The van der Waals surface area contributed by atoms with E-state index in [0.29, 0.717) is 30.2 Å². The average Bonchev–Trinajstić information content (AvgIpc) is 3.70. The van der Waals surface area contributed by atoms with E-state index in [1.54, 1.807) is 48.9 Å². The van der Waals surface area contributed by atoms with Gasteiger partial charge in [-0.1, -0.05) is 24.3 Å². The van der Waals surface area contributed by atoms with Crippen molar-refractivity contribution in [2.45, 2.75) is 28.8 Å². The minimum Gasteiger partial charge on any atom is -0.480 e. The van der Waals surface area contributed by atoms with Gasteiger partial charge in [0.25, 0.3) is 5.91 Å². The van der Waals surface area contributed by atoms with Crippen molar-refractivity contribution in [3.8, 4) is 11.1 Å². The lowest BCUT2D eigenvalue weighted by Gasteiger charge is -2.16. The van der Waals surface area contributed by atoms with Crippen molar-refractivity contribution in [2.75, 3.05) is 24.7 Å². The normalized spacial score (nSPS) is 12.5. The summed E-state index contributed by atoms with van der Waals surface area (Å²) in [5.74, 6) is -1.36. The second-order valence-corrected chi connectivity index (χ2v) is 14.1. The molecule has 0 bridgehead atoms. The fraction of sp³-hybridized carbons (Fsp3) is 0.200. The molecule has 0 unspecified atom stereocenters. The summed E-state index contributed by atoms with van der Waals surface area (Å²) < 4.78 is 53.3. The molecule has 5 rings (SSSR count). The van der Waals surface area contributed by atoms with Crippen molar-refractivity contribution >= 4 is 48.6 Å². The van der Waals surface area contributed by atoms with Crippen LogP contribution >= 0.6 is 0 Å². The summed E-state index contributed by atoms with van der Waals surface area (Å²) >= 11 is 0. The molecular formula is C30H31N7O7S2. The Morgan fingerprint density at radius 2 is 1.63 bits per heavy atom. The van der Waals surface area contributed by atoms with E-state index in [1.807, 2.05) is 4.68 Å². The quantitative estimate of drug-likeness (QED) is 0.110. The number of carboxylic acids is 1. The molecule has 2 aromatic heterocycles. The van der Waals surface area contributed by atoms with Gasteiger partial charge in [0.05, 0.1) is 21.5 Å². The fourth-order valence-electron chi connectivity index (χ4n) is 4.66. The molecule has 0 aliphatic rings. The minimum atomic E-state index is -4.27. The number of aromatic nitrogens is 4. The molecule has 46 heavy (non-hydrogen) atoms. The number of nitrogens with one attached hydrogen (secondary N) is 4. The second kappa shape index (κ2) is 13.5. The van der Waals surface area contributed by atoms with E-state index < -0.39 is 44.3 Å². The van der Waals surface area contributed by atoms with Crippen LogP contribution in [0, 0.1) is 0 Å². The lowest BCUT2D eigenvalue weighted by atomic mass is 10.1. The molecule has 0 radical (unpaired) electrons. The van der Waals surface area contributed by atoms with E-state index in [0.717, 1.165) is 23.6 Å². The van der Waals surface area contributed by atoms with Gasteiger partial charge in [0.1, 0.15) is 6.04 Å². The van der Waals surface area contributed by atoms with Crippen molar-refractivity contribution in [2.24, 2.45) is 0 Å². The van der Waals surface area contributed by atoms with Crippen LogP contribution in [-0.2, 0) is 31.2 Å². The number of sulfonamides is 1. The van der Waals surface area contributed by atoms with Crippen molar-refractivity contribution in [3.05, 3.63) is 90.9 Å². The number of aryl methyl sites for hydroxylation is 1. The molecule has 0 saturated heterocycles. The van der Waals surface area contributed by atoms with E-state index in [9.17, 15) is 31.5 Å². The second-order valence-electron chi connectivity index (χ2n) is 10.4. The number of rotatable bonds is 14. The number of amides is 1. The van der Waals surface area contributed by atoms with Crippen LogP contribution in [0.25, 0.3) is 22.0 Å². The van der Waals surface area contributed by atoms with Gasteiger partial charge in [-0.25, -0.2) is 21.8 Å². The number of carbonyl (C=O) groups is 2. The highest BCUT2D eigenvalue weighted by Crippen LogP contribution is 2.23. The van der Waals surface area contributed by atoms with Crippen LogP contribution in [0.15, 0.2) is 95.1 Å². The molecule has 0 aliphatic heterocycles. The molecule has 14 nitrogen and oxygen atoms in total. The van der Waals surface area contributed by atoms with Gasteiger partial charge in [0.2, 0.25) is 10.0 Å². The van der Waals surface area contributed by atoms with Gasteiger partial charge in [-0.3, -0.25) is 14.3 Å². The number of carboxylic acid groups (broad SMARTS) is 1. The maximum absolute atomic E-state index is 13.0. The van der Waals surface area contributed by atoms with Crippen LogP contribution in [0.2, 0.25) is 0 Å². The molecule has 0 fully saturated rings. The maximum atomic E-state index is 13.0. The zero-order chi connectivity index (χ0) is 32.9. The molecule has 5 aromatic rings. The van der Waals surface area contributed by atoms with Crippen molar-refractivity contribution in [3.63, 3.8) is 0 Å². The zero-order valence-electron chi connectivity index (χ0n) is 24.5. The Labute approximate surface area is 264 Å². The van der Waals surface area contributed by atoms with Crippen LogP contribution in [0.5, 0.6) is 0 Å². The van der Waals surface area contributed by atoms with Crippen LogP contribution in [-0.4, -0.2) is 79.0 Å². The van der Waals surface area contributed by atoms with Crippen LogP contribution in [0.4, 0.5) is 5.95 Å². The van der Waals surface area contributed by atoms with E-state index in [-0.39, 0.29) is 15.4 Å². The lowest BCUT2D eigenvalue weighted by Crippen LogP contribution is -2.48. The lowest BCUT2D eigenvalue weighted by molar-refractivity contribution is -0.138. The average molecular weight is 666 g/mol. The number of hydrogen-bond donors (Lipinski definition) is 5. The molecule has 1 atom stereocenters. The van der Waals surface area contributed by atoms with Gasteiger partial charge in [-0.05, 0) is 60.0 Å². The number of H-pyrrole nitrogens is 1. The fourth-order valence-corrected chi connectivity index (χ4v) is 6.48. The summed E-state index contributed by atoms with van der Waals surface area (Å²) in [4.78, 5) is 31.8. The number of carbonyl (C=O) groups excluding carboxylic acids is 1. The Bertz CT molecular complexity index is 2060. The molecule has 0 aliphatic carbocycles. The van der Waals surface area contributed by atoms with Crippen molar-refractivity contribution in [1.82, 2.24) is 29.8 Å². The van der Waals surface area contributed by atoms with Gasteiger partial charge in [-0.15, -0.1) is 0 Å². The summed E-state index contributed by atoms with van der Waals surface area (Å²) in [5.41, 5.74) is 2.38. The highest BCUT2D eigenvalue weighted by molar-refractivity contribution is 7.90. The smallest absolute Gasteiger partial charge is 0.323 e. The van der Waals surface area contributed by atoms with E-state index in [1.165, 1.54) is 36.4 Å². The zero-order valence-corrected chi connectivity index (χ0v) is 26.2. The Morgan fingerprint density at radius 1 is 0.957 bits per heavy atom. The van der Waals surface area contributed by atoms with Crippen molar-refractivity contribution < 1.29 is 31.5 Å². The number of nitrogens with zero attached hydrogens (tertiary/aromatic N) is 3. The molecule has 1 amide bonds. The van der Waals surface area contributed by atoms with Crippen molar-refractivity contribution in [1.29, 1.82) is 0 Å². The Balaban J connectivity index is 1.18. The highest BCUT2D eigenvalue weighted by Gasteiger charge is 2.26. The molecule has 0 spiro atoms. The number of anilines is 1. The molecule has 240 valence electrons. The first kappa shape index (κ1) is 32.3. The third kappa shape index (κ3) is 7.77. The number of imidazole rings is 1. The van der Waals surface area contributed by atoms with Gasteiger partial charge in [0, 0.05) is 49.2 Å². The predicted octanol–water partition coefficient (Wildman–Crippen LogP) is 2.49. The standard InChI is InChI=1S/C30H31N7O7S2/c1-45(41,42)24-8-3-20(4-9-24)21-5-10-25(11-6-21)46(43,44)36-26(29(39)40)19-34-28(38)22-7-12-27-23(17-22)18-35-37(27)16-2-13-31-30-32-14-15-33-30/h3-12,14-15,17-18,26,36H,2,13,16,19H2,1H3,(H,34,38)(H,39,40)(H2,31,32,33)/t26-/m0/s1. The number of sulfone groups is 1. The molecule has 5 N–H and O–H groups in total. The topological polar surface area (TPSA) is 205 Å². The largest absolute Gasteiger partial charge is 0.480 e. The summed E-state index contributed by atoms with van der Waals surface area (Å²) in [6, 6.07) is 15.1. The first-order valence-corrected chi connectivity index (χ1v) is 17.4. The first-order chi connectivity index (χ1) is 21.9. The predicted molar refractivity (Wildman–Crippen MR) is 170 cm³/mol. The Morgan fingerprint density at radius 3 is 2.24 bits per heavy atom. The number of hydrogen-bond acceptors (Lipinski definition) is 9. The molecule has 16 heteroatoms. The number of aliphatic carboxylic acids is 1. The minimum absolute atomic E-state index is 0.157. The first-order valence-electron chi connectivity index (χ1n) is 14.0. The number of benzene rings is 3. The van der Waals surface area contributed by atoms with Gasteiger partial charge in [-0.2, -0.15) is 9.82 Å². The third-order valence-electron chi connectivity index (χ3n) is 7.08. The third-order valence-corrected chi connectivity index (χ3v) is 9.70. The SMILES string of the molecule is CS(=O)(=O)c1ccc(-c2ccc(S(=O)(=O)N[C@@H](CNC(=O)c3ccc4c(cnn4CCCNc4ncc[nH]4)c3)C(=O)O)cc2)cc1. The van der Waals surface area contributed by atoms with Crippen LogP contribution in [0.3, 0.4) is 0 Å². The number of fused-ring (bicyclic) bond motifs is 1. The summed E-state index contributed by atoms with van der Waals surface area (Å²) in [6.45, 7) is 0.807. The Hall–Kier alpha value is -5.06. The van der Waals surface area contributed by atoms with Crippen LogP contribution in [0.1, 0.15) is 16.8 Å². The molecule has 3 aromatic carbocycles.